The molecule has 0 radical (unpaired) electrons. The molecule has 0 fully saturated rings. The second-order valence-corrected chi connectivity index (χ2v) is 5.91. The zero-order valence-electron chi connectivity index (χ0n) is 11.8. The normalized spacial score (nSPS) is 15.2. The minimum atomic E-state index is 0.0207. The van der Waals surface area contributed by atoms with Crippen molar-refractivity contribution in [2.24, 2.45) is 0 Å². The van der Waals surface area contributed by atoms with Crippen LogP contribution in [0.4, 0.5) is 0 Å². The Hall–Kier alpha value is -1.67. The zero-order valence-corrected chi connectivity index (χ0v) is 11.8. The van der Waals surface area contributed by atoms with Crippen LogP contribution in [0.15, 0.2) is 36.5 Å². The highest BCUT2D eigenvalue weighted by atomic mass is 16.2. The molecule has 19 heavy (non-hydrogen) atoms. The van der Waals surface area contributed by atoms with E-state index in [9.17, 15) is 0 Å². The van der Waals surface area contributed by atoms with Gasteiger partial charge in [-0.05, 0) is 44.4 Å². The third-order valence-corrected chi connectivity index (χ3v) is 4.15. The molecule has 0 aliphatic carbocycles. The summed E-state index contributed by atoms with van der Waals surface area (Å²) in [6.07, 6.45) is 2.88. The van der Waals surface area contributed by atoms with Crippen molar-refractivity contribution in [1.29, 1.82) is 0 Å². The van der Waals surface area contributed by atoms with Gasteiger partial charge in [-0.15, -0.1) is 0 Å². The first-order valence-corrected chi connectivity index (χ1v) is 6.81. The molecule has 1 aromatic heterocycles. The van der Waals surface area contributed by atoms with Crippen molar-refractivity contribution in [1.82, 2.24) is 0 Å². The van der Waals surface area contributed by atoms with Gasteiger partial charge in [0.15, 0.2) is 11.9 Å². The lowest BCUT2D eigenvalue weighted by molar-refractivity contribution is -0.599. The zero-order chi connectivity index (χ0) is 13.6. The number of hydrogen-bond donors (Lipinski definition) is 1. The minimum Gasteiger partial charge on any atom is -0.396 e. The van der Waals surface area contributed by atoms with Gasteiger partial charge in [-0.1, -0.05) is 6.07 Å². The summed E-state index contributed by atoms with van der Waals surface area (Å²) in [5, 5.41) is 9.10. The number of aromatic nitrogens is 1. The third-order valence-electron chi connectivity index (χ3n) is 4.15. The van der Waals surface area contributed by atoms with Crippen molar-refractivity contribution < 1.29 is 9.67 Å². The van der Waals surface area contributed by atoms with Crippen LogP contribution in [-0.4, -0.2) is 11.7 Å². The molecule has 1 aliphatic heterocycles. The number of nitrogens with zero attached hydrogens (tertiary/aromatic N) is 1. The van der Waals surface area contributed by atoms with Crippen LogP contribution >= 0.6 is 0 Å². The van der Waals surface area contributed by atoms with Gasteiger partial charge in [-0.2, -0.15) is 4.57 Å². The van der Waals surface area contributed by atoms with E-state index in [0.717, 1.165) is 6.42 Å². The summed E-state index contributed by atoms with van der Waals surface area (Å²) in [5.41, 5.74) is 6.48. The smallest absolute Gasteiger partial charge is 0.215 e. The lowest BCUT2D eigenvalue weighted by atomic mass is 9.82. The highest BCUT2D eigenvalue weighted by molar-refractivity contribution is 5.50. The van der Waals surface area contributed by atoms with Gasteiger partial charge in [0.05, 0.1) is 5.41 Å². The maximum absolute atomic E-state index is 9.10. The number of pyridine rings is 1. The molecule has 1 aliphatic rings. The summed E-state index contributed by atoms with van der Waals surface area (Å²) in [6, 6.07) is 11.0. The molecule has 0 atom stereocenters. The Balaban J connectivity index is 2.22. The molecule has 2 nitrogen and oxygen atoms in total. The Bertz CT molecular complexity index is 644. The highest BCUT2D eigenvalue weighted by Crippen LogP contribution is 2.38. The summed E-state index contributed by atoms with van der Waals surface area (Å²) in [6.45, 7) is 6.88. The van der Waals surface area contributed by atoms with E-state index in [2.05, 4.69) is 61.9 Å². The van der Waals surface area contributed by atoms with Gasteiger partial charge in [0, 0.05) is 30.4 Å². The van der Waals surface area contributed by atoms with Gasteiger partial charge in [0.1, 0.15) is 0 Å². The second-order valence-electron chi connectivity index (χ2n) is 5.91. The van der Waals surface area contributed by atoms with Gasteiger partial charge >= 0.3 is 0 Å². The summed E-state index contributed by atoms with van der Waals surface area (Å²) in [5.74, 6) is 0. The second kappa shape index (κ2) is 4.17. The fourth-order valence-corrected chi connectivity index (χ4v) is 3.01. The molecule has 0 amide bonds. The topological polar surface area (TPSA) is 24.1 Å². The molecule has 2 aromatic rings. The van der Waals surface area contributed by atoms with Crippen LogP contribution in [-0.2, 0) is 11.8 Å². The molecule has 0 saturated carbocycles. The first-order chi connectivity index (χ1) is 9.04. The number of rotatable bonds is 2. The number of aliphatic hydroxyl groups is 1. The number of fused-ring (bicyclic) bond motifs is 3. The molecule has 1 aromatic carbocycles. The fraction of sp³-hybridized carbons (Fsp3) is 0.353. The van der Waals surface area contributed by atoms with Crippen molar-refractivity contribution >= 4 is 0 Å². The van der Waals surface area contributed by atoms with E-state index in [1.54, 1.807) is 0 Å². The molecular weight excluding hydrogens is 234 g/mol. The Labute approximate surface area is 114 Å². The molecule has 0 unspecified atom stereocenters. The molecule has 1 N–H and O–H groups in total. The van der Waals surface area contributed by atoms with Gasteiger partial charge < -0.3 is 5.11 Å². The van der Waals surface area contributed by atoms with Crippen LogP contribution in [0.5, 0.6) is 0 Å². The number of aliphatic hydroxyl groups excluding tert-OH is 1. The highest BCUT2D eigenvalue weighted by Gasteiger charge is 2.43. The maximum atomic E-state index is 9.10. The Morgan fingerprint density at radius 3 is 2.68 bits per heavy atom. The van der Waals surface area contributed by atoms with E-state index in [0.29, 0.717) is 0 Å². The largest absolute Gasteiger partial charge is 0.396 e. The predicted octanol–water partition coefficient (Wildman–Crippen LogP) is 2.45. The van der Waals surface area contributed by atoms with Crippen LogP contribution in [0.1, 0.15) is 36.2 Å². The first-order valence-electron chi connectivity index (χ1n) is 6.81. The Morgan fingerprint density at radius 1 is 1.16 bits per heavy atom. The monoisotopic (exact) mass is 254 g/mol. The summed E-state index contributed by atoms with van der Waals surface area (Å²) in [7, 11) is 0. The van der Waals surface area contributed by atoms with Crippen molar-refractivity contribution in [3.63, 3.8) is 0 Å². The van der Waals surface area contributed by atoms with Crippen LogP contribution in [0.3, 0.4) is 0 Å². The van der Waals surface area contributed by atoms with Crippen molar-refractivity contribution in [3.8, 4) is 5.69 Å². The first kappa shape index (κ1) is 12.4. The SMILES string of the molecule is Cc1cc[n+]2c(c1)C(C)(C)c1cc(CCO)ccc1-2. The van der Waals surface area contributed by atoms with E-state index in [1.807, 2.05) is 0 Å². The quantitative estimate of drug-likeness (QED) is 0.818. The molecule has 2 heteroatoms. The number of benzene rings is 1. The van der Waals surface area contributed by atoms with E-state index in [1.165, 1.54) is 28.1 Å². The van der Waals surface area contributed by atoms with Crippen molar-refractivity contribution in [3.05, 3.63) is 58.9 Å². The van der Waals surface area contributed by atoms with Crippen molar-refractivity contribution in [2.75, 3.05) is 6.61 Å². The molecule has 0 spiro atoms. The Morgan fingerprint density at radius 2 is 1.95 bits per heavy atom. The van der Waals surface area contributed by atoms with Crippen LogP contribution in [0, 0.1) is 6.92 Å². The molecule has 98 valence electrons. The number of hydrogen-bond acceptors (Lipinski definition) is 1. The van der Waals surface area contributed by atoms with E-state index in [4.69, 9.17) is 5.11 Å². The summed E-state index contributed by atoms with van der Waals surface area (Å²) in [4.78, 5) is 0. The van der Waals surface area contributed by atoms with Gasteiger partial charge in [0.2, 0.25) is 5.69 Å². The van der Waals surface area contributed by atoms with Gasteiger partial charge in [-0.25, -0.2) is 0 Å². The standard InChI is InChI=1S/C17H20NO/c1-12-6-8-18-15-5-4-13(7-9-19)11-14(15)17(2,3)16(18)10-12/h4-6,8,10-11,19H,7,9H2,1-3H3/q+1. The average molecular weight is 254 g/mol. The third kappa shape index (κ3) is 1.79. The maximum Gasteiger partial charge on any atom is 0.215 e. The molecule has 0 saturated heterocycles. The van der Waals surface area contributed by atoms with Gasteiger partial charge in [0.25, 0.3) is 0 Å². The molecular formula is C17H20NO+. The van der Waals surface area contributed by atoms with Gasteiger partial charge in [-0.3, -0.25) is 0 Å². The van der Waals surface area contributed by atoms with E-state index >= 15 is 0 Å². The van der Waals surface area contributed by atoms with Crippen LogP contribution < -0.4 is 4.57 Å². The molecule has 0 bridgehead atoms. The summed E-state index contributed by atoms with van der Waals surface area (Å²) >= 11 is 0. The van der Waals surface area contributed by atoms with Crippen molar-refractivity contribution in [2.45, 2.75) is 32.6 Å². The predicted molar refractivity (Wildman–Crippen MR) is 75.6 cm³/mol. The number of aryl methyl sites for hydroxylation is 1. The van der Waals surface area contributed by atoms with E-state index < -0.39 is 0 Å². The fourth-order valence-electron chi connectivity index (χ4n) is 3.01. The average Bonchev–Trinajstić information content (AvgIpc) is 2.59. The summed E-state index contributed by atoms with van der Waals surface area (Å²) < 4.78 is 2.28. The molecule has 2 heterocycles. The minimum absolute atomic E-state index is 0.0207. The lowest BCUT2D eigenvalue weighted by Crippen LogP contribution is -2.34. The Kier molecular flexibility index (Phi) is 2.72. The van der Waals surface area contributed by atoms with Crippen LogP contribution in [0.25, 0.3) is 5.69 Å². The van der Waals surface area contributed by atoms with Crippen LogP contribution in [0.2, 0.25) is 0 Å². The van der Waals surface area contributed by atoms with E-state index in [-0.39, 0.29) is 12.0 Å². The molecule has 3 rings (SSSR count). The lowest BCUT2D eigenvalue weighted by Gasteiger charge is -2.15.